The second-order valence-corrected chi connectivity index (χ2v) is 9.35. The molecule has 176 valence electrons. The van der Waals surface area contributed by atoms with Crippen LogP contribution in [0, 0.1) is 5.82 Å². The summed E-state index contributed by atoms with van der Waals surface area (Å²) in [5.74, 6) is 0.228. The van der Waals surface area contributed by atoms with Gasteiger partial charge in [0.1, 0.15) is 5.82 Å². The average molecular weight is 490 g/mol. The van der Waals surface area contributed by atoms with Gasteiger partial charge in [-0.3, -0.25) is 0 Å². The summed E-state index contributed by atoms with van der Waals surface area (Å²) >= 11 is 0. The number of hydrogen-bond acceptors (Lipinski definition) is 7. The zero-order valence-corrected chi connectivity index (χ0v) is 19.1. The summed E-state index contributed by atoms with van der Waals surface area (Å²) in [7, 11) is -3.87. The third-order valence-corrected chi connectivity index (χ3v) is 6.07. The predicted molar refractivity (Wildman–Crippen MR) is 132 cm³/mol. The van der Waals surface area contributed by atoms with Gasteiger partial charge in [-0.25, -0.2) is 27.9 Å². The van der Waals surface area contributed by atoms with Crippen molar-refractivity contribution in [3.05, 3.63) is 96.2 Å². The molecule has 0 unspecified atom stereocenters. The fraction of sp³-hybridized carbons (Fsp3) is 0.0417. The minimum Gasteiger partial charge on any atom is -0.342 e. The number of fused-ring (bicyclic) bond motifs is 1. The van der Waals surface area contributed by atoms with Crippen molar-refractivity contribution < 1.29 is 12.8 Å². The second-order valence-electron chi connectivity index (χ2n) is 7.79. The summed E-state index contributed by atoms with van der Waals surface area (Å²) < 4.78 is 37.6. The maximum atomic E-state index is 14.5. The molecule has 0 aliphatic carbocycles. The Labute approximate surface area is 200 Å². The van der Waals surface area contributed by atoms with E-state index in [1.165, 1.54) is 18.2 Å². The average Bonchev–Trinajstić information content (AvgIpc) is 3.23. The van der Waals surface area contributed by atoms with E-state index in [4.69, 9.17) is 5.14 Å². The number of H-pyrrole nitrogens is 1. The van der Waals surface area contributed by atoms with Crippen LogP contribution in [0.3, 0.4) is 0 Å². The first-order chi connectivity index (χ1) is 16.8. The van der Waals surface area contributed by atoms with Crippen LogP contribution >= 0.6 is 0 Å². The summed E-state index contributed by atoms with van der Waals surface area (Å²) in [6.45, 7) is 0. The van der Waals surface area contributed by atoms with Gasteiger partial charge in [0.25, 0.3) is 0 Å². The van der Waals surface area contributed by atoms with Gasteiger partial charge in [-0.05, 0) is 48.0 Å². The van der Waals surface area contributed by atoms with Crippen molar-refractivity contribution in [2.24, 2.45) is 5.14 Å². The smallest absolute Gasteiger partial charge is 0.238 e. The molecular formula is C24H20FN7O2S. The van der Waals surface area contributed by atoms with Gasteiger partial charge in [-0.1, -0.05) is 30.3 Å². The van der Waals surface area contributed by atoms with E-state index in [-0.39, 0.29) is 16.7 Å². The van der Waals surface area contributed by atoms with Crippen molar-refractivity contribution in [2.45, 2.75) is 11.3 Å². The fourth-order valence-corrected chi connectivity index (χ4v) is 4.13. The molecule has 5 aromatic rings. The van der Waals surface area contributed by atoms with Gasteiger partial charge < -0.3 is 15.6 Å². The molecule has 0 bridgehead atoms. The third-order valence-electron chi connectivity index (χ3n) is 5.16. The van der Waals surface area contributed by atoms with Crippen LogP contribution in [0.1, 0.15) is 11.4 Å². The molecule has 0 fully saturated rings. The Morgan fingerprint density at radius 2 is 1.69 bits per heavy atom. The Kier molecular flexibility index (Phi) is 5.85. The Balaban J connectivity index is 1.34. The van der Waals surface area contributed by atoms with Crippen LogP contribution in [0.2, 0.25) is 0 Å². The summed E-state index contributed by atoms with van der Waals surface area (Å²) in [6.07, 6.45) is 1.60. The number of aromatic nitrogens is 4. The molecule has 3 aromatic carbocycles. The number of nitrogens with one attached hydrogen (secondary N) is 3. The number of primary sulfonamides is 1. The zero-order chi connectivity index (χ0) is 24.4. The Morgan fingerprint density at radius 3 is 2.49 bits per heavy atom. The van der Waals surface area contributed by atoms with Crippen LogP contribution in [-0.2, 0) is 16.4 Å². The van der Waals surface area contributed by atoms with E-state index in [1.54, 1.807) is 12.1 Å². The molecule has 0 radical (unpaired) electrons. The standard InChI is InChI=1S/C24H20FN7O2S/c25-19-14-27-24(29-17-7-4-8-18(13-17)35(26,33)34)32-23(19)28-16-6-3-5-15(11-16)12-22-30-20-9-1-2-10-21(20)31-22/h1-11,13-14H,12H2,(H,30,31)(H2,26,33,34)(H2,27,28,29,32). The quantitative estimate of drug-likeness (QED) is 0.268. The fourth-order valence-electron chi connectivity index (χ4n) is 3.57. The lowest BCUT2D eigenvalue weighted by molar-refractivity contribution is 0.598. The van der Waals surface area contributed by atoms with E-state index in [1.807, 2.05) is 42.5 Å². The maximum Gasteiger partial charge on any atom is 0.238 e. The maximum absolute atomic E-state index is 14.5. The second kappa shape index (κ2) is 9.12. The first-order valence-electron chi connectivity index (χ1n) is 10.6. The number of imidazole rings is 1. The number of sulfonamides is 1. The normalized spacial score (nSPS) is 11.5. The summed E-state index contributed by atoms with van der Waals surface area (Å²) in [5.41, 5.74) is 3.87. The monoisotopic (exact) mass is 489 g/mol. The number of aromatic amines is 1. The van der Waals surface area contributed by atoms with Crippen molar-refractivity contribution >= 4 is 44.2 Å². The molecule has 5 N–H and O–H groups in total. The first-order valence-corrected chi connectivity index (χ1v) is 12.1. The topological polar surface area (TPSA) is 139 Å². The Hall–Kier alpha value is -4.35. The number of hydrogen-bond donors (Lipinski definition) is 4. The summed E-state index contributed by atoms with van der Waals surface area (Å²) in [5, 5.41) is 11.0. The summed E-state index contributed by atoms with van der Waals surface area (Å²) in [4.78, 5) is 16.0. The number of halogens is 1. The minimum atomic E-state index is -3.87. The van der Waals surface area contributed by atoms with E-state index >= 15 is 0 Å². The van der Waals surface area contributed by atoms with Crippen LogP contribution in [0.4, 0.5) is 27.5 Å². The van der Waals surface area contributed by atoms with Gasteiger partial charge in [-0.15, -0.1) is 0 Å². The van der Waals surface area contributed by atoms with E-state index in [0.29, 0.717) is 17.8 Å². The third kappa shape index (κ3) is 5.26. The van der Waals surface area contributed by atoms with Crippen molar-refractivity contribution in [1.29, 1.82) is 0 Å². The van der Waals surface area contributed by atoms with Gasteiger partial charge in [0.2, 0.25) is 16.0 Å². The molecule has 0 amide bonds. The van der Waals surface area contributed by atoms with Crippen LogP contribution in [-0.4, -0.2) is 28.4 Å². The number of nitrogens with two attached hydrogens (primary N) is 1. The molecule has 0 saturated carbocycles. The van der Waals surface area contributed by atoms with Gasteiger partial charge in [0.05, 0.1) is 22.1 Å². The highest BCUT2D eigenvalue weighted by Gasteiger charge is 2.11. The molecule has 11 heteroatoms. The lowest BCUT2D eigenvalue weighted by atomic mass is 10.1. The van der Waals surface area contributed by atoms with E-state index in [9.17, 15) is 12.8 Å². The van der Waals surface area contributed by atoms with Crippen LogP contribution in [0.5, 0.6) is 0 Å². The molecule has 0 aliphatic rings. The zero-order valence-electron chi connectivity index (χ0n) is 18.2. The molecule has 9 nitrogen and oxygen atoms in total. The lowest BCUT2D eigenvalue weighted by Crippen LogP contribution is -2.12. The molecule has 35 heavy (non-hydrogen) atoms. The highest BCUT2D eigenvalue weighted by atomic mass is 32.2. The molecule has 0 aliphatic heterocycles. The number of nitrogens with zero attached hydrogens (tertiary/aromatic N) is 3. The van der Waals surface area contributed by atoms with Gasteiger partial charge >= 0.3 is 0 Å². The molecule has 0 atom stereocenters. The van der Waals surface area contributed by atoms with Gasteiger partial charge in [-0.2, -0.15) is 4.98 Å². The highest BCUT2D eigenvalue weighted by Crippen LogP contribution is 2.23. The molecule has 2 aromatic heterocycles. The minimum absolute atomic E-state index is 0.0361. The van der Waals surface area contributed by atoms with Crippen molar-refractivity contribution in [1.82, 2.24) is 19.9 Å². The van der Waals surface area contributed by atoms with Crippen molar-refractivity contribution in [3.8, 4) is 0 Å². The van der Waals surface area contributed by atoms with Gasteiger partial charge in [0.15, 0.2) is 11.6 Å². The summed E-state index contributed by atoms with van der Waals surface area (Å²) in [6, 6.07) is 21.2. The number of rotatable bonds is 7. The molecule has 0 spiro atoms. The molecule has 0 saturated heterocycles. The Morgan fingerprint density at radius 1 is 0.914 bits per heavy atom. The van der Waals surface area contributed by atoms with Crippen LogP contribution in [0.15, 0.2) is 83.9 Å². The lowest BCUT2D eigenvalue weighted by Gasteiger charge is -2.11. The Bertz CT molecular complexity index is 1600. The van der Waals surface area contributed by atoms with Crippen molar-refractivity contribution in [2.75, 3.05) is 10.6 Å². The van der Waals surface area contributed by atoms with E-state index in [0.717, 1.165) is 28.6 Å². The molecular weight excluding hydrogens is 469 g/mol. The van der Waals surface area contributed by atoms with Gasteiger partial charge in [0, 0.05) is 17.8 Å². The SMILES string of the molecule is NS(=O)(=O)c1cccc(Nc2ncc(F)c(Nc3cccc(Cc4nc5ccccc5[nH]4)c3)n2)c1. The number of anilines is 4. The van der Waals surface area contributed by atoms with Crippen LogP contribution < -0.4 is 15.8 Å². The van der Waals surface area contributed by atoms with Crippen molar-refractivity contribution in [3.63, 3.8) is 0 Å². The van der Waals surface area contributed by atoms with Crippen LogP contribution in [0.25, 0.3) is 11.0 Å². The number of benzene rings is 3. The first kappa shape index (κ1) is 22.4. The molecule has 2 heterocycles. The van der Waals surface area contributed by atoms with E-state index < -0.39 is 15.8 Å². The predicted octanol–water partition coefficient (Wildman–Crippen LogP) is 4.22. The molecule has 5 rings (SSSR count). The van der Waals surface area contributed by atoms with E-state index in [2.05, 4.69) is 30.6 Å². The highest BCUT2D eigenvalue weighted by molar-refractivity contribution is 7.89. The number of para-hydroxylation sites is 2. The largest absolute Gasteiger partial charge is 0.342 e.